The van der Waals surface area contributed by atoms with Crippen molar-refractivity contribution in [2.75, 3.05) is 6.61 Å². The number of fused-ring (bicyclic) bond motifs is 1. The van der Waals surface area contributed by atoms with E-state index in [-0.39, 0.29) is 30.6 Å². The summed E-state index contributed by atoms with van der Waals surface area (Å²) in [5.74, 6) is 0.483. The van der Waals surface area contributed by atoms with Crippen molar-refractivity contribution < 1.29 is 9.53 Å². The summed E-state index contributed by atoms with van der Waals surface area (Å²) in [5.41, 5.74) is 0.466. The predicted molar refractivity (Wildman–Crippen MR) is 115 cm³/mol. The number of carbonyl (C=O) groups is 1. The fourth-order valence-corrected chi connectivity index (χ4v) is 3.87. The molecule has 8 heteroatoms. The average molecular weight is 416 g/mol. The van der Waals surface area contributed by atoms with E-state index in [1.54, 1.807) is 11.4 Å². The number of amides is 1. The molecule has 154 valence electrons. The largest absolute Gasteiger partial charge is 0.494 e. The first-order chi connectivity index (χ1) is 13.9. The van der Waals surface area contributed by atoms with Crippen molar-refractivity contribution in [2.24, 2.45) is 0 Å². The normalized spacial score (nSPS) is 12.1. The van der Waals surface area contributed by atoms with Gasteiger partial charge in [0.25, 0.3) is 5.56 Å². The molecule has 3 aromatic rings. The molecular formula is C21H25N3O4S. The summed E-state index contributed by atoms with van der Waals surface area (Å²) in [5, 5.41) is 4.63. The fourth-order valence-electron chi connectivity index (χ4n) is 3.03. The molecule has 7 nitrogen and oxygen atoms in total. The Balaban J connectivity index is 1.98. The molecule has 0 fully saturated rings. The highest BCUT2D eigenvalue weighted by Gasteiger charge is 2.17. The van der Waals surface area contributed by atoms with Gasteiger partial charge in [0.2, 0.25) is 5.91 Å². The Kier molecular flexibility index (Phi) is 6.53. The van der Waals surface area contributed by atoms with Crippen molar-refractivity contribution in [3.8, 4) is 5.75 Å². The average Bonchev–Trinajstić information content (AvgIpc) is 3.20. The Morgan fingerprint density at radius 3 is 2.52 bits per heavy atom. The van der Waals surface area contributed by atoms with Crippen molar-refractivity contribution >= 4 is 27.5 Å². The topological polar surface area (TPSA) is 82.3 Å². The van der Waals surface area contributed by atoms with Crippen LogP contribution in [0, 0.1) is 0 Å². The molecule has 3 rings (SSSR count). The van der Waals surface area contributed by atoms with E-state index in [0.717, 1.165) is 17.7 Å². The van der Waals surface area contributed by atoms with Crippen LogP contribution in [-0.2, 0) is 17.9 Å². The highest BCUT2D eigenvalue weighted by Crippen LogP contribution is 2.16. The zero-order valence-corrected chi connectivity index (χ0v) is 17.6. The maximum absolute atomic E-state index is 13.1. The first-order valence-corrected chi connectivity index (χ1v) is 10.5. The summed E-state index contributed by atoms with van der Waals surface area (Å²) in [6.07, 6.45) is 0.797. The van der Waals surface area contributed by atoms with Crippen LogP contribution in [0.5, 0.6) is 5.75 Å². The molecule has 0 bridgehead atoms. The summed E-state index contributed by atoms with van der Waals surface area (Å²) < 4.78 is 8.46. The third kappa shape index (κ3) is 4.59. The lowest BCUT2D eigenvalue weighted by atomic mass is 10.2. The summed E-state index contributed by atoms with van der Waals surface area (Å²) in [7, 11) is 0. The minimum atomic E-state index is -0.492. The highest BCUT2D eigenvalue weighted by molar-refractivity contribution is 7.17. The van der Waals surface area contributed by atoms with Crippen molar-refractivity contribution in [3.05, 3.63) is 62.1 Å². The molecule has 29 heavy (non-hydrogen) atoms. The number of hydrogen-bond acceptors (Lipinski definition) is 5. The lowest BCUT2D eigenvalue weighted by Crippen LogP contribution is -2.43. The molecule has 0 unspecified atom stereocenters. The summed E-state index contributed by atoms with van der Waals surface area (Å²) in [4.78, 5) is 38.4. The molecule has 2 aromatic heterocycles. The minimum absolute atomic E-state index is 0.0194. The molecular weight excluding hydrogens is 390 g/mol. The number of thiophene rings is 1. The van der Waals surface area contributed by atoms with Crippen LogP contribution in [0.15, 0.2) is 45.3 Å². The lowest BCUT2D eigenvalue weighted by molar-refractivity contribution is -0.122. The SMILES string of the molecule is CCOc1ccc(Cn2c(=O)c3sccc3n(CC(=O)N[C@H](C)CC)c2=O)cc1. The summed E-state index contributed by atoms with van der Waals surface area (Å²) in [6.45, 7) is 6.37. The van der Waals surface area contributed by atoms with E-state index in [2.05, 4.69) is 5.32 Å². The molecule has 0 saturated heterocycles. The zero-order chi connectivity index (χ0) is 21.0. The number of nitrogens with one attached hydrogen (secondary N) is 1. The highest BCUT2D eigenvalue weighted by atomic mass is 32.1. The van der Waals surface area contributed by atoms with Crippen LogP contribution in [0.2, 0.25) is 0 Å². The van der Waals surface area contributed by atoms with E-state index in [1.807, 2.05) is 45.0 Å². The van der Waals surface area contributed by atoms with Gasteiger partial charge in [-0.1, -0.05) is 19.1 Å². The van der Waals surface area contributed by atoms with E-state index < -0.39 is 5.69 Å². The van der Waals surface area contributed by atoms with Crippen LogP contribution >= 0.6 is 11.3 Å². The van der Waals surface area contributed by atoms with Gasteiger partial charge in [0.1, 0.15) is 17.0 Å². The van der Waals surface area contributed by atoms with Gasteiger partial charge >= 0.3 is 5.69 Å². The lowest BCUT2D eigenvalue weighted by Gasteiger charge is -2.15. The van der Waals surface area contributed by atoms with E-state index in [9.17, 15) is 14.4 Å². The second-order valence-electron chi connectivity index (χ2n) is 6.85. The third-order valence-corrected chi connectivity index (χ3v) is 5.62. The van der Waals surface area contributed by atoms with E-state index in [4.69, 9.17) is 4.74 Å². The van der Waals surface area contributed by atoms with Crippen molar-refractivity contribution in [2.45, 2.75) is 46.3 Å². The van der Waals surface area contributed by atoms with Crippen LogP contribution in [0.4, 0.5) is 0 Å². The standard InChI is InChI=1S/C21H25N3O4S/c1-4-14(3)22-18(25)13-23-17-10-11-29-19(17)20(26)24(21(23)27)12-15-6-8-16(9-7-15)28-5-2/h6-11,14H,4-5,12-13H2,1-3H3,(H,22,25)/t14-/m1/s1. The number of nitrogens with zero attached hydrogens (tertiary/aromatic N) is 2. The number of rotatable bonds is 8. The van der Waals surface area contributed by atoms with Crippen LogP contribution in [0.25, 0.3) is 10.2 Å². The predicted octanol–water partition coefficient (Wildman–Crippen LogP) is 2.59. The van der Waals surface area contributed by atoms with Crippen LogP contribution < -0.4 is 21.3 Å². The molecule has 1 aromatic carbocycles. The van der Waals surface area contributed by atoms with Gasteiger partial charge in [-0.2, -0.15) is 0 Å². The molecule has 0 radical (unpaired) electrons. The maximum atomic E-state index is 13.1. The van der Waals surface area contributed by atoms with Crippen LogP contribution in [-0.4, -0.2) is 27.7 Å². The van der Waals surface area contributed by atoms with E-state index >= 15 is 0 Å². The molecule has 0 aliphatic carbocycles. The first kappa shape index (κ1) is 20.9. The van der Waals surface area contributed by atoms with Crippen LogP contribution in [0.1, 0.15) is 32.8 Å². The zero-order valence-electron chi connectivity index (χ0n) is 16.8. The molecule has 0 aliphatic heterocycles. The Hall–Kier alpha value is -2.87. The molecule has 1 N–H and O–H groups in total. The molecule has 1 atom stereocenters. The van der Waals surface area contributed by atoms with Gasteiger partial charge in [0.15, 0.2) is 0 Å². The van der Waals surface area contributed by atoms with Crippen LogP contribution in [0.3, 0.4) is 0 Å². The minimum Gasteiger partial charge on any atom is -0.494 e. The molecule has 0 aliphatic rings. The van der Waals surface area contributed by atoms with Crippen molar-refractivity contribution in [1.29, 1.82) is 0 Å². The van der Waals surface area contributed by atoms with Gasteiger partial charge < -0.3 is 10.1 Å². The molecule has 1 amide bonds. The third-order valence-electron chi connectivity index (χ3n) is 4.73. The molecule has 0 saturated carbocycles. The number of hydrogen-bond donors (Lipinski definition) is 1. The monoisotopic (exact) mass is 415 g/mol. The van der Waals surface area contributed by atoms with Crippen molar-refractivity contribution in [3.63, 3.8) is 0 Å². The number of carbonyl (C=O) groups excluding carboxylic acids is 1. The second kappa shape index (κ2) is 9.09. The number of aromatic nitrogens is 2. The number of benzene rings is 1. The Morgan fingerprint density at radius 2 is 1.86 bits per heavy atom. The molecule has 2 heterocycles. The van der Waals surface area contributed by atoms with Crippen molar-refractivity contribution in [1.82, 2.24) is 14.5 Å². The van der Waals surface area contributed by atoms with E-state index in [1.165, 1.54) is 20.5 Å². The van der Waals surface area contributed by atoms with Gasteiger partial charge in [-0.25, -0.2) is 4.79 Å². The Labute approximate surface area is 172 Å². The first-order valence-electron chi connectivity index (χ1n) is 9.66. The second-order valence-corrected chi connectivity index (χ2v) is 7.76. The fraction of sp³-hybridized carbons (Fsp3) is 0.381. The van der Waals surface area contributed by atoms with Gasteiger partial charge in [0.05, 0.1) is 18.7 Å². The summed E-state index contributed by atoms with van der Waals surface area (Å²) in [6, 6.07) is 9.01. The van der Waals surface area contributed by atoms with E-state index in [0.29, 0.717) is 16.8 Å². The Bertz CT molecular complexity index is 1110. The smallest absolute Gasteiger partial charge is 0.332 e. The molecule has 0 spiro atoms. The van der Waals surface area contributed by atoms with Gasteiger partial charge in [0, 0.05) is 6.04 Å². The summed E-state index contributed by atoms with van der Waals surface area (Å²) >= 11 is 1.27. The van der Waals surface area contributed by atoms with Gasteiger partial charge in [-0.15, -0.1) is 11.3 Å². The van der Waals surface area contributed by atoms with Gasteiger partial charge in [-0.3, -0.25) is 18.7 Å². The Morgan fingerprint density at radius 1 is 1.14 bits per heavy atom. The quantitative estimate of drug-likeness (QED) is 0.613. The maximum Gasteiger partial charge on any atom is 0.332 e. The number of ether oxygens (including phenoxy) is 1. The van der Waals surface area contributed by atoms with Gasteiger partial charge in [-0.05, 0) is 49.4 Å².